The summed E-state index contributed by atoms with van der Waals surface area (Å²) in [5.41, 5.74) is 1.54. The van der Waals surface area contributed by atoms with Crippen LogP contribution in [0.4, 0.5) is 4.79 Å². The molecule has 0 unspecified atom stereocenters. The average Bonchev–Trinajstić information content (AvgIpc) is 3.08. The summed E-state index contributed by atoms with van der Waals surface area (Å²) < 4.78 is 1.74. The molecule has 24 heavy (non-hydrogen) atoms. The van der Waals surface area contributed by atoms with Crippen LogP contribution < -0.4 is 10.6 Å². The van der Waals surface area contributed by atoms with Crippen molar-refractivity contribution in [3.05, 3.63) is 35.7 Å². The molecule has 2 N–H and O–H groups in total. The van der Waals surface area contributed by atoms with Crippen molar-refractivity contribution in [3.8, 4) is 5.69 Å². The minimum Gasteiger partial charge on any atom is -0.341 e. The summed E-state index contributed by atoms with van der Waals surface area (Å²) in [7, 11) is 1.62. The zero-order valence-corrected chi connectivity index (χ0v) is 14.4. The van der Waals surface area contributed by atoms with Crippen molar-refractivity contribution in [2.45, 2.75) is 45.1 Å². The summed E-state index contributed by atoms with van der Waals surface area (Å²) in [5, 5.41) is 18.1. The normalized spacial score (nSPS) is 23.7. The minimum atomic E-state index is -0.541. The first-order valence-electron chi connectivity index (χ1n) is 8.40. The molecular weight excluding hydrogens is 304 g/mol. The van der Waals surface area contributed by atoms with Gasteiger partial charge in [-0.25, -0.2) is 4.79 Å². The molecule has 7 heteroatoms. The molecule has 3 rings (SSSR count). The first-order chi connectivity index (χ1) is 11.5. The fourth-order valence-electron chi connectivity index (χ4n) is 3.28. The number of carbonyl (C=O) groups is 1. The quantitative estimate of drug-likeness (QED) is 0.905. The molecule has 0 spiro atoms. The number of tetrazole rings is 1. The second kappa shape index (κ2) is 6.59. The molecule has 0 atom stereocenters. The van der Waals surface area contributed by atoms with E-state index in [-0.39, 0.29) is 6.03 Å². The SMILES string of the molecule is CNC(=O)NC1(c2nnnn2-c2ccc(C)cc2)CCC(C)CC1. The molecule has 0 saturated heterocycles. The lowest BCUT2D eigenvalue weighted by Crippen LogP contribution is -2.52. The van der Waals surface area contributed by atoms with Crippen molar-refractivity contribution >= 4 is 6.03 Å². The Kier molecular flexibility index (Phi) is 4.51. The van der Waals surface area contributed by atoms with Crippen molar-refractivity contribution in [2.24, 2.45) is 5.92 Å². The van der Waals surface area contributed by atoms with Crippen molar-refractivity contribution in [1.29, 1.82) is 0 Å². The molecule has 1 aliphatic rings. The van der Waals surface area contributed by atoms with Gasteiger partial charge in [-0.15, -0.1) is 5.10 Å². The molecule has 1 aromatic carbocycles. The number of urea groups is 1. The van der Waals surface area contributed by atoms with E-state index in [2.05, 4.69) is 33.1 Å². The van der Waals surface area contributed by atoms with E-state index in [1.807, 2.05) is 31.2 Å². The number of amides is 2. The molecule has 1 fully saturated rings. The van der Waals surface area contributed by atoms with E-state index in [0.717, 1.165) is 31.4 Å². The second-order valence-electron chi connectivity index (χ2n) is 6.72. The maximum atomic E-state index is 12.1. The summed E-state index contributed by atoms with van der Waals surface area (Å²) in [6.45, 7) is 4.29. The van der Waals surface area contributed by atoms with Crippen LogP contribution in [0, 0.1) is 12.8 Å². The maximum absolute atomic E-state index is 12.1. The molecule has 7 nitrogen and oxygen atoms in total. The number of nitrogens with zero attached hydrogens (tertiary/aromatic N) is 4. The number of hydrogen-bond acceptors (Lipinski definition) is 4. The third-order valence-electron chi connectivity index (χ3n) is 4.88. The fourth-order valence-corrected chi connectivity index (χ4v) is 3.28. The van der Waals surface area contributed by atoms with Crippen LogP contribution in [-0.4, -0.2) is 33.3 Å². The summed E-state index contributed by atoms with van der Waals surface area (Å²) in [6, 6.07) is 7.84. The molecule has 0 radical (unpaired) electrons. The van der Waals surface area contributed by atoms with Crippen LogP contribution >= 0.6 is 0 Å². The van der Waals surface area contributed by atoms with E-state index in [4.69, 9.17) is 0 Å². The van der Waals surface area contributed by atoms with Gasteiger partial charge in [0.15, 0.2) is 5.82 Å². The summed E-state index contributed by atoms with van der Waals surface area (Å²) in [6.07, 6.45) is 3.72. The Labute approximate surface area is 141 Å². The molecule has 2 aromatic rings. The topological polar surface area (TPSA) is 84.7 Å². The van der Waals surface area contributed by atoms with Gasteiger partial charge in [0.2, 0.25) is 0 Å². The Morgan fingerprint density at radius 2 is 1.92 bits per heavy atom. The Hall–Kier alpha value is -2.44. The summed E-state index contributed by atoms with van der Waals surface area (Å²) in [4.78, 5) is 12.1. The molecule has 1 aliphatic carbocycles. The Bertz CT molecular complexity index is 700. The van der Waals surface area contributed by atoms with Gasteiger partial charge in [0.05, 0.1) is 5.69 Å². The van der Waals surface area contributed by atoms with E-state index in [0.29, 0.717) is 11.7 Å². The van der Waals surface area contributed by atoms with Crippen molar-refractivity contribution < 1.29 is 4.79 Å². The minimum absolute atomic E-state index is 0.206. The molecule has 128 valence electrons. The molecule has 2 amide bonds. The predicted molar refractivity (Wildman–Crippen MR) is 90.8 cm³/mol. The van der Waals surface area contributed by atoms with Gasteiger partial charge < -0.3 is 10.6 Å². The number of carbonyl (C=O) groups excluding carboxylic acids is 1. The lowest BCUT2D eigenvalue weighted by molar-refractivity contribution is 0.177. The summed E-state index contributed by atoms with van der Waals surface area (Å²) in [5.74, 6) is 1.34. The third-order valence-corrected chi connectivity index (χ3v) is 4.88. The highest BCUT2D eigenvalue weighted by Gasteiger charge is 2.42. The van der Waals surface area contributed by atoms with Crippen molar-refractivity contribution in [1.82, 2.24) is 30.8 Å². The Morgan fingerprint density at radius 1 is 1.25 bits per heavy atom. The van der Waals surface area contributed by atoms with Gasteiger partial charge in [0.1, 0.15) is 5.54 Å². The van der Waals surface area contributed by atoms with E-state index < -0.39 is 5.54 Å². The Balaban J connectivity index is 2.01. The van der Waals surface area contributed by atoms with Gasteiger partial charge in [-0.3, -0.25) is 0 Å². The predicted octanol–water partition coefficient (Wildman–Crippen LogP) is 2.31. The second-order valence-corrected chi connectivity index (χ2v) is 6.72. The summed E-state index contributed by atoms with van der Waals surface area (Å²) >= 11 is 0. The monoisotopic (exact) mass is 328 g/mol. The van der Waals surface area contributed by atoms with E-state index in [1.165, 1.54) is 5.56 Å². The van der Waals surface area contributed by atoms with Gasteiger partial charge in [-0.2, -0.15) is 4.68 Å². The zero-order chi connectivity index (χ0) is 17.2. The molecule has 0 bridgehead atoms. The molecule has 1 saturated carbocycles. The third kappa shape index (κ3) is 3.11. The number of rotatable bonds is 3. The van der Waals surface area contributed by atoms with Crippen LogP contribution in [0.3, 0.4) is 0 Å². The number of aryl methyl sites for hydroxylation is 1. The smallest absolute Gasteiger partial charge is 0.315 e. The zero-order valence-electron chi connectivity index (χ0n) is 14.4. The Morgan fingerprint density at radius 3 is 2.54 bits per heavy atom. The fraction of sp³-hybridized carbons (Fsp3) is 0.529. The van der Waals surface area contributed by atoms with Gasteiger partial charge in [-0.1, -0.05) is 24.6 Å². The lowest BCUT2D eigenvalue weighted by Gasteiger charge is -2.38. The number of hydrogen-bond donors (Lipinski definition) is 2. The molecule has 1 heterocycles. The van der Waals surface area contributed by atoms with E-state index >= 15 is 0 Å². The highest BCUT2D eigenvalue weighted by Crippen LogP contribution is 2.39. The first-order valence-corrected chi connectivity index (χ1v) is 8.40. The average molecular weight is 328 g/mol. The standard InChI is InChI=1S/C17H24N6O/c1-12-4-6-14(7-5-12)23-15(20-21-22-23)17(19-16(24)18-3)10-8-13(2)9-11-17/h4-7,13H,8-11H2,1-3H3,(H2,18,19,24). The number of aromatic nitrogens is 4. The van der Waals surface area contributed by atoms with Crippen LogP contribution in [0.5, 0.6) is 0 Å². The number of benzene rings is 1. The van der Waals surface area contributed by atoms with E-state index in [1.54, 1.807) is 11.7 Å². The highest BCUT2D eigenvalue weighted by molar-refractivity contribution is 5.74. The number of nitrogens with one attached hydrogen (secondary N) is 2. The van der Waals surface area contributed by atoms with Gasteiger partial charge >= 0.3 is 6.03 Å². The van der Waals surface area contributed by atoms with Crippen LogP contribution in [0.25, 0.3) is 5.69 Å². The first kappa shape index (κ1) is 16.4. The van der Waals surface area contributed by atoms with E-state index in [9.17, 15) is 4.79 Å². The van der Waals surface area contributed by atoms with Crippen LogP contribution in [-0.2, 0) is 5.54 Å². The highest BCUT2D eigenvalue weighted by atomic mass is 16.2. The molecule has 1 aromatic heterocycles. The maximum Gasteiger partial charge on any atom is 0.315 e. The lowest BCUT2D eigenvalue weighted by atomic mass is 9.76. The van der Waals surface area contributed by atoms with Crippen LogP contribution in [0.2, 0.25) is 0 Å². The largest absolute Gasteiger partial charge is 0.341 e. The van der Waals surface area contributed by atoms with Gasteiger partial charge in [0.25, 0.3) is 0 Å². The van der Waals surface area contributed by atoms with Gasteiger partial charge in [0, 0.05) is 7.05 Å². The van der Waals surface area contributed by atoms with Crippen LogP contribution in [0.1, 0.15) is 44.0 Å². The van der Waals surface area contributed by atoms with Gasteiger partial charge in [-0.05, 0) is 61.1 Å². The molecule has 0 aliphatic heterocycles. The van der Waals surface area contributed by atoms with Crippen molar-refractivity contribution in [3.63, 3.8) is 0 Å². The van der Waals surface area contributed by atoms with Crippen molar-refractivity contribution in [2.75, 3.05) is 7.05 Å². The van der Waals surface area contributed by atoms with Crippen LogP contribution in [0.15, 0.2) is 24.3 Å². The molecular formula is C17H24N6O.